The SMILES string of the molecule is COc1ccc(Cl)cc1C=NNC(=O)COc1ccc(C)c(C)c1. The summed E-state index contributed by atoms with van der Waals surface area (Å²) < 4.78 is 10.6. The molecule has 0 heterocycles. The van der Waals surface area contributed by atoms with Gasteiger partial charge in [-0.3, -0.25) is 4.79 Å². The molecule has 2 aromatic rings. The predicted octanol–water partition coefficient (Wildman–Crippen LogP) is 3.49. The fraction of sp³-hybridized carbons (Fsp3) is 0.222. The largest absolute Gasteiger partial charge is 0.496 e. The zero-order chi connectivity index (χ0) is 17.5. The molecular weight excluding hydrogens is 328 g/mol. The molecule has 0 aliphatic carbocycles. The first-order chi connectivity index (χ1) is 11.5. The number of hydrogen-bond acceptors (Lipinski definition) is 4. The smallest absolute Gasteiger partial charge is 0.277 e. The Morgan fingerprint density at radius 2 is 2.00 bits per heavy atom. The number of hydrogen-bond donors (Lipinski definition) is 1. The fourth-order valence-corrected chi connectivity index (χ4v) is 2.15. The highest BCUT2D eigenvalue weighted by atomic mass is 35.5. The Balaban J connectivity index is 1.89. The second-order valence-corrected chi connectivity index (χ2v) is 5.65. The van der Waals surface area contributed by atoms with E-state index >= 15 is 0 Å². The van der Waals surface area contributed by atoms with Crippen molar-refractivity contribution >= 4 is 23.7 Å². The van der Waals surface area contributed by atoms with E-state index in [4.69, 9.17) is 21.1 Å². The van der Waals surface area contributed by atoms with Crippen molar-refractivity contribution in [2.75, 3.05) is 13.7 Å². The van der Waals surface area contributed by atoms with Crippen LogP contribution in [-0.4, -0.2) is 25.8 Å². The Hall–Kier alpha value is -2.53. The van der Waals surface area contributed by atoms with E-state index in [1.54, 1.807) is 25.3 Å². The number of benzene rings is 2. The van der Waals surface area contributed by atoms with Crippen LogP contribution in [0.2, 0.25) is 5.02 Å². The van der Waals surface area contributed by atoms with Crippen molar-refractivity contribution in [3.05, 3.63) is 58.1 Å². The maximum Gasteiger partial charge on any atom is 0.277 e. The first-order valence-electron chi connectivity index (χ1n) is 7.35. The minimum Gasteiger partial charge on any atom is -0.496 e. The van der Waals surface area contributed by atoms with E-state index in [1.807, 2.05) is 32.0 Å². The molecule has 0 saturated carbocycles. The minimum atomic E-state index is -0.356. The minimum absolute atomic E-state index is 0.119. The van der Waals surface area contributed by atoms with Crippen molar-refractivity contribution in [1.82, 2.24) is 5.43 Å². The summed E-state index contributed by atoms with van der Waals surface area (Å²) in [6.45, 7) is 3.89. The summed E-state index contributed by atoms with van der Waals surface area (Å²) in [4.78, 5) is 11.8. The van der Waals surface area contributed by atoms with Crippen LogP contribution in [0, 0.1) is 13.8 Å². The molecule has 2 aromatic carbocycles. The molecule has 0 fully saturated rings. The summed E-state index contributed by atoms with van der Waals surface area (Å²) in [5.74, 6) is 0.906. The lowest BCUT2D eigenvalue weighted by molar-refractivity contribution is -0.123. The van der Waals surface area contributed by atoms with Crippen LogP contribution >= 0.6 is 11.6 Å². The Labute approximate surface area is 146 Å². The van der Waals surface area contributed by atoms with Gasteiger partial charge in [-0.15, -0.1) is 0 Å². The number of aryl methyl sites for hydroxylation is 2. The van der Waals surface area contributed by atoms with Gasteiger partial charge < -0.3 is 9.47 Å². The highest BCUT2D eigenvalue weighted by Crippen LogP contribution is 2.20. The second kappa shape index (κ2) is 8.36. The van der Waals surface area contributed by atoms with Crippen molar-refractivity contribution < 1.29 is 14.3 Å². The molecular formula is C18H19ClN2O3. The Kier molecular flexibility index (Phi) is 6.21. The van der Waals surface area contributed by atoms with Gasteiger partial charge in [0.15, 0.2) is 6.61 Å². The zero-order valence-electron chi connectivity index (χ0n) is 13.8. The third kappa shape index (κ3) is 4.99. The van der Waals surface area contributed by atoms with Crippen LogP contribution < -0.4 is 14.9 Å². The van der Waals surface area contributed by atoms with Gasteiger partial charge in [0.05, 0.1) is 13.3 Å². The number of ether oxygens (including phenoxy) is 2. The summed E-state index contributed by atoms with van der Waals surface area (Å²) >= 11 is 5.93. The van der Waals surface area contributed by atoms with Crippen LogP contribution in [0.5, 0.6) is 11.5 Å². The molecule has 126 valence electrons. The van der Waals surface area contributed by atoms with E-state index in [9.17, 15) is 4.79 Å². The molecule has 0 atom stereocenters. The standard InChI is InChI=1S/C18H19ClN2O3/c1-12-4-6-16(8-13(12)2)24-11-18(22)21-20-10-14-9-15(19)5-7-17(14)23-3/h4-10H,11H2,1-3H3,(H,21,22). The lowest BCUT2D eigenvalue weighted by Crippen LogP contribution is -2.24. The highest BCUT2D eigenvalue weighted by molar-refractivity contribution is 6.30. The maximum absolute atomic E-state index is 11.8. The molecule has 0 aliphatic heterocycles. The third-order valence-corrected chi connectivity index (χ3v) is 3.67. The molecule has 0 aliphatic rings. The number of nitrogens with one attached hydrogen (secondary N) is 1. The van der Waals surface area contributed by atoms with Gasteiger partial charge >= 0.3 is 0 Å². The van der Waals surface area contributed by atoms with Gasteiger partial charge in [-0.05, 0) is 55.3 Å². The van der Waals surface area contributed by atoms with Gasteiger partial charge in [0.25, 0.3) is 5.91 Å². The van der Waals surface area contributed by atoms with E-state index in [-0.39, 0.29) is 12.5 Å². The molecule has 0 spiro atoms. The summed E-state index contributed by atoms with van der Waals surface area (Å²) in [7, 11) is 1.55. The number of rotatable bonds is 6. The molecule has 24 heavy (non-hydrogen) atoms. The van der Waals surface area contributed by atoms with Crippen molar-refractivity contribution in [3.8, 4) is 11.5 Å². The van der Waals surface area contributed by atoms with Crippen LogP contribution in [0.15, 0.2) is 41.5 Å². The molecule has 2 rings (SSSR count). The van der Waals surface area contributed by atoms with Gasteiger partial charge in [0.2, 0.25) is 0 Å². The topological polar surface area (TPSA) is 59.9 Å². The van der Waals surface area contributed by atoms with Crippen LogP contribution in [0.4, 0.5) is 0 Å². The molecule has 0 unspecified atom stereocenters. The summed E-state index contributed by atoms with van der Waals surface area (Å²) in [5, 5.41) is 4.45. The highest BCUT2D eigenvalue weighted by Gasteiger charge is 2.04. The molecule has 0 saturated heterocycles. The van der Waals surface area contributed by atoms with Gasteiger partial charge in [-0.2, -0.15) is 5.10 Å². The third-order valence-electron chi connectivity index (χ3n) is 3.43. The maximum atomic E-state index is 11.8. The van der Waals surface area contributed by atoms with Crippen LogP contribution in [-0.2, 0) is 4.79 Å². The quantitative estimate of drug-likeness (QED) is 0.643. The summed E-state index contributed by atoms with van der Waals surface area (Å²) in [6, 6.07) is 10.8. The number of methoxy groups -OCH3 is 1. The monoisotopic (exact) mass is 346 g/mol. The number of nitrogens with zero attached hydrogens (tertiary/aromatic N) is 1. The Morgan fingerprint density at radius 1 is 1.21 bits per heavy atom. The molecule has 0 bridgehead atoms. The average Bonchev–Trinajstić information content (AvgIpc) is 2.56. The fourth-order valence-electron chi connectivity index (χ4n) is 1.96. The first-order valence-corrected chi connectivity index (χ1v) is 7.73. The van der Waals surface area contributed by atoms with Gasteiger partial charge in [-0.1, -0.05) is 17.7 Å². The van der Waals surface area contributed by atoms with E-state index < -0.39 is 0 Å². The Bertz CT molecular complexity index is 760. The van der Waals surface area contributed by atoms with Crippen molar-refractivity contribution in [1.29, 1.82) is 0 Å². The summed E-state index contributed by atoms with van der Waals surface area (Å²) in [5.41, 5.74) is 5.36. The number of carbonyl (C=O) groups is 1. The molecule has 6 heteroatoms. The lowest BCUT2D eigenvalue weighted by Gasteiger charge is -2.07. The van der Waals surface area contributed by atoms with Crippen molar-refractivity contribution in [2.45, 2.75) is 13.8 Å². The number of amides is 1. The van der Waals surface area contributed by atoms with Gasteiger partial charge in [0.1, 0.15) is 11.5 Å². The second-order valence-electron chi connectivity index (χ2n) is 5.21. The Morgan fingerprint density at radius 3 is 2.71 bits per heavy atom. The first kappa shape index (κ1) is 17.8. The van der Waals surface area contributed by atoms with E-state index in [0.717, 1.165) is 5.56 Å². The normalized spacial score (nSPS) is 10.7. The van der Waals surface area contributed by atoms with Gasteiger partial charge in [0, 0.05) is 10.6 Å². The zero-order valence-corrected chi connectivity index (χ0v) is 14.6. The molecule has 5 nitrogen and oxygen atoms in total. The van der Waals surface area contributed by atoms with Gasteiger partial charge in [-0.25, -0.2) is 5.43 Å². The van der Waals surface area contributed by atoms with E-state index in [1.165, 1.54) is 11.8 Å². The average molecular weight is 347 g/mol. The van der Waals surface area contributed by atoms with Crippen LogP contribution in [0.1, 0.15) is 16.7 Å². The van der Waals surface area contributed by atoms with E-state index in [0.29, 0.717) is 22.1 Å². The molecule has 1 N–H and O–H groups in total. The van der Waals surface area contributed by atoms with Crippen LogP contribution in [0.25, 0.3) is 0 Å². The van der Waals surface area contributed by atoms with E-state index in [2.05, 4.69) is 10.5 Å². The van der Waals surface area contributed by atoms with Crippen molar-refractivity contribution in [2.24, 2.45) is 5.10 Å². The lowest BCUT2D eigenvalue weighted by atomic mass is 10.1. The number of halogens is 1. The number of hydrazone groups is 1. The van der Waals surface area contributed by atoms with Crippen LogP contribution in [0.3, 0.4) is 0 Å². The van der Waals surface area contributed by atoms with Crippen molar-refractivity contribution in [3.63, 3.8) is 0 Å². The molecule has 1 amide bonds. The predicted molar refractivity (Wildman–Crippen MR) is 95.2 cm³/mol. The molecule has 0 radical (unpaired) electrons. The number of carbonyl (C=O) groups excluding carboxylic acids is 1. The summed E-state index contributed by atoms with van der Waals surface area (Å²) in [6.07, 6.45) is 1.47. The molecule has 0 aromatic heterocycles.